The standard InChI is InChI=1S/C15H11N3O2S/c16-10-6-4-9(5-7-10)12-13(15(19)20)21-14(18-12)11-3-1-2-8-17-11/h1-8H,16H2,(H,19,20). The maximum Gasteiger partial charge on any atom is 0.348 e. The highest BCUT2D eigenvalue weighted by atomic mass is 32.1. The molecule has 6 heteroatoms. The van der Waals surface area contributed by atoms with E-state index in [-0.39, 0.29) is 4.88 Å². The van der Waals surface area contributed by atoms with Crippen molar-refractivity contribution in [3.8, 4) is 22.0 Å². The first-order chi connectivity index (χ1) is 10.1. The van der Waals surface area contributed by atoms with E-state index in [4.69, 9.17) is 5.73 Å². The summed E-state index contributed by atoms with van der Waals surface area (Å²) in [6.07, 6.45) is 1.65. The van der Waals surface area contributed by atoms with Crippen molar-refractivity contribution in [2.75, 3.05) is 5.73 Å². The number of nitrogens with zero attached hydrogens (tertiary/aromatic N) is 2. The molecule has 0 saturated carbocycles. The first-order valence-corrected chi connectivity index (χ1v) is 6.98. The SMILES string of the molecule is Nc1ccc(-c2nc(-c3ccccn3)sc2C(=O)O)cc1. The third-order valence-electron chi connectivity index (χ3n) is 2.89. The van der Waals surface area contributed by atoms with E-state index < -0.39 is 5.97 Å². The molecular weight excluding hydrogens is 286 g/mol. The molecule has 0 bridgehead atoms. The highest BCUT2D eigenvalue weighted by molar-refractivity contribution is 7.17. The molecule has 0 atom stereocenters. The van der Waals surface area contributed by atoms with Crippen LogP contribution in [0.2, 0.25) is 0 Å². The zero-order chi connectivity index (χ0) is 14.8. The van der Waals surface area contributed by atoms with Crippen LogP contribution in [0.25, 0.3) is 22.0 Å². The molecule has 3 rings (SSSR count). The second-order valence-corrected chi connectivity index (χ2v) is 5.34. The molecule has 1 aromatic carbocycles. The van der Waals surface area contributed by atoms with E-state index in [1.54, 1.807) is 42.6 Å². The fourth-order valence-electron chi connectivity index (χ4n) is 1.90. The van der Waals surface area contributed by atoms with Gasteiger partial charge in [-0.25, -0.2) is 9.78 Å². The van der Waals surface area contributed by atoms with Crippen molar-refractivity contribution in [3.63, 3.8) is 0 Å². The van der Waals surface area contributed by atoms with E-state index in [1.807, 2.05) is 6.07 Å². The molecule has 2 aromatic heterocycles. The second kappa shape index (κ2) is 5.34. The quantitative estimate of drug-likeness (QED) is 0.725. The number of pyridine rings is 1. The fraction of sp³-hybridized carbons (Fsp3) is 0. The van der Waals surface area contributed by atoms with Gasteiger partial charge in [-0.15, -0.1) is 11.3 Å². The Kier molecular flexibility index (Phi) is 3.37. The number of carboxylic acid groups (broad SMARTS) is 1. The lowest BCUT2D eigenvalue weighted by Crippen LogP contribution is -1.95. The Bertz CT molecular complexity index is 782. The van der Waals surface area contributed by atoms with Crippen LogP contribution in [0, 0.1) is 0 Å². The number of aromatic nitrogens is 2. The molecule has 0 aliphatic rings. The van der Waals surface area contributed by atoms with Gasteiger partial charge < -0.3 is 10.8 Å². The van der Waals surface area contributed by atoms with Gasteiger partial charge in [0.2, 0.25) is 0 Å². The number of nitrogens with two attached hydrogens (primary N) is 1. The molecule has 5 nitrogen and oxygen atoms in total. The maximum atomic E-state index is 11.4. The third kappa shape index (κ3) is 2.61. The minimum absolute atomic E-state index is 0.195. The summed E-state index contributed by atoms with van der Waals surface area (Å²) in [5.41, 5.74) is 8.10. The summed E-state index contributed by atoms with van der Waals surface area (Å²) >= 11 is 1.12. The van der Waals surface area contributed by atoms with Crippen LogP contribution in [0.4, 0.5) is 5.69 Å². The van der Waals surface area contributed by atoms with Crippen molar-refractivity contribution in [2.24, 2.45) is 0 Å². The summed E-state index contributed by atoms with van der Waals surface area (Å²) in [5, 5.41) is 9.95. The van der Waals surface area contributed by atoms with E-state index in [9.17, 15) is 9.90 Å². The summed E-state index contributed by atoms with van der Waals surface area (Å²) in [4.78, 5) is 20.3. The molecule has 104 valence electrons. The number of nitrogen functional groups attached to an aromatic ring is 1. The van der Waals surface area contributed by atoms with Gasteiger partial charge in [0.15, 0.2) is 0 Å². The number of benzene rings is 1. The van der Waals surface area contributed by atoms with Crippen molar-refractivity contribution in [2.45, 2.75) is 0 Å². The predicted molar refractivity (Wildman–Crippen MR) is 82.2 cm³/mol. The zero-order valence-electron chi connectivity index (χ0n) is 10.9. The molecule has 0 saturated heterocycles. The molecule has 0 aliphatic carbocycles. The van der Waals surface area contributed by atoms with Gasteiger partial charge in [0.1, 0.15) is 9.88 Å². The van der Waals surface area contributed by atoms with Gasteiger partial charge in [0.05, 0.1) is 11.4 Å². The van der Waals surface area contributed by atoms with E-state index in [0.29, 0.717) is 22.1 Å². The number of hydrogen-bond acceptors (Lipinski definition) is 5. The lowest BCUT2D eigenvalue weighted by molar-refractivity contribution is 0.0702. The summed E-state index contributed by atoms with van der Waals surface area (Å²) in [6, 6.07) is 12.4. The summed E-state index contributed by atoms with van der Waals surface area (Å²) in [7, 11) is 0. The Morgan fingerprint density at radius 1 is 1.14 bits per heavy atom. The average Bonchev–Trinajstić information content (AvgIpc) is 2.94. The van der Waals surface area contributed by atoms with Crippen LogP contribution in [0.1, 0.15) is 9.67 Å². The van der Waals surface area contributed by atoms with E-state index in [2.05, 4.69) is 9.97 Å². The van der Waals surface area contributed by atoms with Gasteiger partial charge in [0, 0.05) is 17.4 Å². The second-order valence-electron chi connectivity index (χ2n) is 4.34. The Labute approximate surface area is 124 Å². The first-order valence-electron chi connectivity index (χ1n) is 6.16. The van der Waals surface area contributed by atoms with Crippen LogP contribution in [0.3, 0.4) is 0 Å². The normalized spacial score (nSPS) is 10.5. The Morgan fingerprint density at radius 2 is 1.90 bits per heavy atom. The molecule has 0 fully saturated rings. The number of thiazole rings is 1. The van der Waals surface area contributed by atoms with Crippen molar-refractivity contribution in [3.05, 3.63) is 53.5 Å². The monoisotopic (exact) mass is 297 g/mol. The van der Waals surface area contributed by atoms with E-state index in [1.165, 1.54) is 0 Å². The van der Waals surface area contributed by atoms with Crippen LogP contribution in [0.15, 0.2) is 48.7 Å². The molecule has 0 spiro atoms. The number of anilines is 1. The molecule has 3 aromatic rings. The van der Waals surface area contributed by atoms with Crippen molar-refractivity contribution >= 4 is 23.0 Å². The molecular formula is C15H11N3O2S. The van der Waals surface area contributed by atoms with E-state index >= 15 is 0 Å². The van der Waals surface area contributed by atoms with Crippen LogP contribution in [0.5, 0.6) is 0 Å². The van der Waals surface area contributed by atoms with Gasteiger partial charge in [-0.3, -0.25) is 4.98 Å². The molecule has 3 N–H and O–H groups in total. The van der Waals surface area contributed by atoms with Crippen LogP contribution in [-0.2, 0) is 0 Å². The molecule has 2 heterocycles. The minimum Gasteiger partial charge on any atom is -0.477 e. The van der Waals surface area contributed by atoms with Crippen molar-refractivity contribution < 1.29 is 9.90 Å². The molecule has 0 radical (unpaired) electrons. The van der Waals surface area contributed by atoms with Gasteiger partial charge in [-0.05, 0) is 24.3 Å². The van der Waals surface area contributed by atoms with Crippen LogP contribution in [-0.4, -0.2) is 21.0 Å². The van der Waals surface area contributed by atoms with Gasteiger partial charge in [-0.1, -0.05) is 18.2 Å². The average molecular weight is 297 g/mol. The first kappa shape index (κ1) is 13.3. The number of carboxylic acids is 1. The maximum absolute atomic E-state index is 11.4. The van der Waals surface area contributed by atoms with Crippen LogP contribution < -0.4 is 5.73 Å². The predicted octanol–water partition coefficient (Wildman–Crippen LogP) is 3.15. The van der Waals surface area contributed by atoms with Crippen molar-refractivity contribution in [1.82, 2.24) is 9.97 Å². The largest absolute Gasteiger partial charge is 0.477 e. The zero-order valence-corrected chi connectivity index (χ0v) is 11.7. The van der Waals surface area contributed by atoms with Gasteiger partial charge in [-0.2, -0.15) is 0 Å². The Hall–Kier alpha value is -2.73. The van der Waals surface area contributed by atoms with E-state index in [0.717, 1.165) is 16.9 Å². The topological polar surface area (TPSA) is 89.1 Å². The minimum atomic E-state index is -0.999. The van der Waals surface area contributed by atoms with Crippen molar-refractivity contribution in [1.29, 1.82) is 0 Å². The molecule has 0 amide bonds. The highest BCUT2D eigenvalue weighted by Crippen LogP contribution is 2.33. The summed E-state index contributed by atoms with van der Waals surface area (Å²) < 4.78 is 0. The van der Waals surface area contributed by atoms with Crippen LogP contribution >= 0.6 is 11.3 Å². The summed E-state index contributed by atoms with van der Waals surface area (Å²) in [5.74, 6) is -0.999. The number of rotatable bonds is 3. The lowest BCUT2D eigenvalue weighted by Gasteiger charge is -1.99. The van der Waals surface area contributed by atoms with Gasteiger partial charge in [0.25, 0.3) is 0 Å². The summed E-state index contributed by atoms with van der Waals surface area (Å²) in [6.45, 7) is 0. The molecule has 0 aliphatic heterocycles. The fourth-order valence-corrected chi connectivity index (χ4v) is 2.80. The molecule has 0 unspecified atom stereocenters. The smallest absolute Gasteiger partial charge is 0.348 e. The lowest BCUT2D eigenvalue weighted by atomic mass is 10.1. The van der Waals surface area contributed by atoms with Gasteiger partial charge >= 0.3 is 5.97 Å². The number of carbonyl (C=O) groups is 1. The Morgan fingerprint density at radius 3 is 2.52 bits per heavy atom. The third-order valence-corrected chi connectivity index (χ3v) is 3.96. The number of hydrogen-bond donors (Lipinski definition) is 2. The Balaban J connectivity index is 2.14. The molecule has 21 heavy (non-hydrogen) atoms. The number of aromatic carboxylic acids is 1. The highest BCUT2D eigenvalue weighted by Gasteiger charge is 2.19.